The van der Waals surface area contributed by atoms with Crippen LogP contribution in [-0.2, 0) is 9.59 Å². The molecule has 0 bridgehead atoms. The zero-order chi connectivity index (χ0) is 19.6. The first-order valence-corrected chi connectivity index (χ1v) is 9.34. The maximum Gasteiger partial charge on any atom is 0.247 e. The van der Waals surface area contributed by atoms with Gasteiger partial charge in [-0.15, -0.1) is 0 Å². The minimum atomic E-state index is -0.729. The van der Waals surface area contributed by atoms with Crippen LogP contribution in [0.1, 0.15) is 31.9 Å². The quantitative estimate of drug-likeness (QED) is 0.643. The standard InChI is InChI=1S/C21H25ClN2O3/c1-15(2)14-19(25)24-20(16-6-4-3-5-7-16)21(26)23-12-13-27-18-10-8-17(22)9-11-18/h3-11,15,20H,12-14H2,1-2H3,(H,23,26)(H,24,25). The lowest BCUT2D eigenvalue weighted by molar-refractivity contribution is -0.129. The Kier molecular flexibility index (Phi) is 8.14. The van der Waals surface area contributed by atoms with E-state index >= 15 is 0 Å². The first-order chi connectivity index (χ1) is 13.0. The van der Waals surface area contributed by atoms with Gasteiger partial charge in [0.05, 0.1) is 6.54 Å². The molecule has 0 saturated carbocycles. The lowest BCUT2D eigenvalue weighted by atomic mass is 10.0. The molecule has 6 heteroatoms. The van der Waals surface area contributed by atoms with Gasteiger partial charge in [-0.3, -0.25) is 9.59 Å². The maximum absolute atomic E-state index is 12.6. The number of rotatable bonds is 9. The molecule has 0 fully saturated rings. The molecule has 1 unspecified atom stereocenters. The normalized spacial score (nSPS) is 11.7. The van der Waals surface area contributed by atoms with Crippen molar-refractivity contribution in [3.8, 4) is 5.75 Å². The van der Waals surface area contributed by atoms with Gasteiger partial charge in [-0.25, -0.2) is 0 Å². The Morgan fingerprint density at radius 1 is 1.04 bits per heavy atom. The Morgan fingerprint density at radius 3 is 2.33 bits per heavy atom. The summed E-state index contributed by atoms with van der Waals surface area (Å²) in [6.45, 7) is 4.57. The third-order valence-corrected chi connectivity index (χ3v) is 4.03. The molecule has 1 atom stereocenters. The van der Waals surface area contributed by atoms with Gasteiger partial charge in [0.2, 0.25) is 11.8 Å². The Morgan fingerprint density at radius 2 is 1.70 bits per heavy atom. The molecule has 0 spiro atoms. The lowest BCUT2D eigenvalue weighted by Gasteiger charge is -2.19. The van der Waals surface area contributed by atoms with Crippen molar-refractivity contribution >= 4 is 23.4 Å². The highest BCUT2D eigenvalue weighted by Gasteiger charge is 2.22. The van der Waals surface area contributed by atoms with Crippen molar-refractivity contribution in [2.24, 2.45) is 5.92 Å². The van der Waals surface area contributed by atoms with Gasteiger partial charge < -0.3 is 15.4 Å². The van der Waals surface area contributed by atoms with E-state index in [1.54, 1.807) is 24.3 Å². The van der Waals surface area contributed by atoms with Gasteiger partial charge >= 0.3 is 0 Å². The highest BCUT2D eigenvalue weighted by Crippen LogP contribution is 2.16. The third kappa shape index (κ3) is 7.31. The van der Waals surface area contributed by atoms with Gasteiger partial charge in [0, 0.05) is 11.4 Å². The van der Waals surface area contributed by atoms with Gasteiger partial charge in [0.1, 0.15) is 18.4 Å². The highest BCUT2D eigenvalue weighted by atomic mass is 35.5. The van der Waals surface area contributed by atoms with Crippen LogP contribution in [0.5, 0.6) is 5.75 Å². The van der Waals surface area contributed by atoms with Crippen LogP contribution in [-0.4, -0.2) is 25.0 Å². The van der Waals surface area contributed by atoms with E-state index in [-0.39, 0.29) is 17.7 Å². The van der Waals surface area contributed by atoms with E-state index in [1.807, 2.05) is 44.2 Å². The van der Waals surface area contributed by atoms with E-state index < -0.39 is 6.04 Å². The number of benzene rings is 2. The van der Waals surface area contributed by atoms with E-state index in [9.17, 15) is 9.59 Å². The fourth-order valence-electron chi connectivity index (χ4n) is 2.51. The first-order valence-electron chi connectivity index (χ1n) is 8.96. The summed E-state index contributed by atoms with van der Waals surface area (Å²) in [5.74, 6) is 0.486. The number of nitrogens with one attached hydrogen (secondary N) is 2. The van der Waals surface area contributed by atoms with Crippen molar-refractivity contribution < 1.29 is 14.3 Å². The van der Waals surface area contributed by atoms with E-state index in [0.717, 1.165) is 5.56 Å². The highest BCUT2D eigenvalue weighted by molar-refractivity contribution is 6.30. The second kappa shape index (κ2) is 10.6. The van der Waals surface area contributed by atoms with E-state index in [1.165, 1.54) is 0 Å². The molecule has 2 N–H and O–H groups in total. The molecule has 0 heterocycles. The summed E-state index contributed by atoms with van der Waals surface area (Å²) in [5, 5.41) is 6.28. The molecule has 5 nitrogen and oxygen atoms in total. The number of ether oxygens (including phenoxy) is 1. The molecule has 0 aliphatic rings. The molecule has 0 aliphatic carbocycles. The van der Waals surface area contributed by atoms with E-state index in [0.29, 0.717) is 30.3 Å². The minimum absolute atomic E-state index is 0.147. The van der Waals surface area contributed by atoms with Crippen LogP contribution in [0.25, 0.3) is 0 Å². The third-order valence-electron chi connectivity index (χ3n) is 3.78. The summed E-state index contributed by atoms with van der Waals surface area (Å²) < 4.78 is 5.57. The molecule has 2 rings (SSSR count). The number of carbonyl (C=O) groups is 2. The number of amides is 2. The van der Waals surface area contributed by atoms with Crippen LogP contribution in [0.3, 0.4) is 0 Å². The smallest absolute Gasteiger partial charge is 0.247 e. The Bertz CT molecular complexity index is 733. The average molecular weight is 389 g/mol. The molecule has 2 aromatic rings. The van der Waals surface area contributed by atoms with Gasteiger partial charge in [-0.05, 0) is 35.7 Å². The fraction of sp³-hybridized carbons (Fsp3) is 0.333. The van der Waals surface area contributed by atoms with Crippen LogP contribution in [0.15, 0.2) is 54.6 Å². The molecule has 27 heavy (non-hydrogen) atoms. The molecule has 2 amide bonds. The largest absolute Gasteiger partial charge is 0.492 e. The number of hydrogen-bond acceptors (Lipinski definition) is 3. The van der Waals surface area contributed by atoms with Crippen LogP contribution in [0, 0.1) is 5.92 Å². The summed E-state index contributed by atoms with van der Waals surface area (Å²) in [5.41, 5.74) is 0.741. The Balaban J connectivity index is 1.90. The predicted octanol–water partition coefficient (Wildman–Crippen LogP) is 3.74. The molecule has 0 aromatic heterocycles. The molecular formula is C21H25ClN2O3. The van der Waals surface area contributed by atoms with E-state index in [2.05, 4.69) is 10.6 Å². The van der Waals surface area contributed by atoms with Crippen LogP contribution in [0.4, 0.5) is 0 Å². The monoisotopic (exact) mass is 388 g/mol. The molecule has 144 valence electrons. The van der Waals surface area contributed by atoms with Crippen LogP contribution < -0.4 is 15.4 Å². The first kappa shape index (κ1) is 20.8. The molecule has 0 aliphatic heterocycles. The van der Waals surface area contributed by atoms with Crippen molar-refractivity contribution in [1.29, 1.82) is 0 Å². The van der Waals surface area contributed by atoms with Crippen molar-refractivity contribution in [1.82, 2.24) is 10.6 Å². The molecule has 0 saturated heterocycles. The summed E-state index contributed by atoms with van der Waals surface area (Å²) in [4.78, 5) is 24.8. The molecule has 0 radical (unpaired) electrons. The van der Waals surface area contributed by atoms with Gasteiger partial charge in [-0.1, -0.05) is 55.8 Å². The van der Waals surface area contributed by atoms with Crippen molar-refractivity contribution in [3.63, 3.8) is 0 Å². The average Bonchev–Trinajstić information content (AvgIpc) is 2.64. The SMILES string of the molecule is CC(C)CC(=O)NC(C(=O)NCCOc1ccc(Cl)cc1)c1ccccc1. The lowest BCUT2D eigenvalue weighted by Crippen LogP contribution is -2.41. The van der Waals surface area contributed by atoms with Crippen molar-refractivity contribution in [3.05, 3.63) is 65.2 Å². The minimum Gasteiger partial charge on any atom is -0.492 e. The second-order valence-corrected chi connectivity index (χ2v) is 7.04. The van der Waals surface area contributed by atoms with Crippen LogP contribution in [0.2, 0.25) is 5.02 Å². The van der Waals surface area contributed by atoms with Gasteiger partial charge in [0.25, 0.3) is 0 Å². The zero-order valence-electron chi connectivity index (χ0n) is 15.6. The molecule has 2 aromatic carbocycles. The summed E-state index contributed by atoms with van der Waals surface area (Å²) in [6.07, 6.45) is 0.371. The fourth-order valence-corrected chi connectivity index (χ4v) is 2.64. The molecular weight excluding hydrogens is 364 g/mol. The van der Waals surface area contributed by atoms with Gasteiger partial charge in [0.15, 0.2) is 0 Å². The number of carbonyl (C=O) groups excluding carboxylic acids is 2. The summed E-state index contributed by atoms with van der Waals surface area (Å²) in [6, 6.07) is 15.5. The summed E-state index contributed by atoms with van der Waals surface area (Å²) in [7, 11) is 0. The zero-order valence-corrected chi connectivity index (χ0v) is 16.3. The van der Waals surface area contributed by atoms with Crippen LogP contribution >= 0.6 is 11.6 Å². The second-order valence-electron chi connectivity index (χ2n) is 6.60. The van der Waals surface area contributed by atoms with Gasteiger partial charge in [-0.2, -0.15) is 0 Å². The van der Waals surface area contributed by atoms with Crippen molar-refractivity contribution in [2.45, 2.75) is 26.3 Å². The number of halogens is 1. The van der Waals surface area contributed by atoms with E-state index in [4.69, 9.17) is 16.3 Å². The Hall–Kier alpha value is -2.53. The summed E-state index contributed by atoms with van der Waals surface area (Å²) >= 11 is 5.83. The maximum atomic E-state index is 12.6. The Labute approximate surface area is 165 Å². The van der Waals surface area contributed by atoms with Crippen molar-refractivity contribution in [2.75, 3.05) is 13.2 Å². The predicted molar refractivity (Wildman–Crippen MR) is 107 cm³/mol. The topological polar surface area (TPSA) is 67.4 Å². The number of hydrogen-bond donors (Lipinski definition) is 2.